The fourth-order valence-corrected chi connectivity index (χ4v) is 2.78. The maximum atomic E-state index is 11.1. The Bertz CT molecular complexity index is 231. The third-order valence-electron chi connectivity index (χ3n) is 4.19. The Labute approximate surface area is 132 Å². The van der Waals surface area contributed by atoms with Gasteiger partial charge >= 0.3 is 6.09 Å². The van der Waals surface area contributed by atoms with Crippen LogP contribution in [0.15, 0.2) is 0 Å². The summed E-state index contributed by atoms with van der Waals surface area (Å²) >= 11 is 0. The van der Waals surface area contributed by atoms with E-state index in [1.165, 1.54) is 77.7 Å². The quantitative estimate of drug-likeness (QED) is 0.419. The molecule has 0 heterocycles. The van der Waals surface area contributed by atoms with Gasteiger partial charge in [-0.3, -0.25) is 0 Å². The number of carbonyl (C=O) groups excluding carboxylic acids is 1. The van der Waals surface area contributed by atoms with Crippen molar-refractivity contribution in [3.05, 3.63) is 0 Å². The highest BCUT2D eigenvalue weighted by Crippen LogP contribution is 2.21. The van der Waals surface area contributed by atoms with E-state index in [9.17, 15) is 4.79 Å². The molecule has 0 bridgehead atoms. The number of alkyl carbamates (subject to hydrolysis) is 1. The first-order valence-electron chi connectivity index (χ1n) is 9.06. The summed E-state index contributed by atoms with van der Waals surface area (Å²) in [6.07, 6.45) is 15.5. The molecule has 21 heavy (non-hydrogen) atoms. The molecule has 1 unspecified atom stereocenters. The highest BCUT2D eigenvalue weighted by atomic mass is 16.5. The van der Waals surface area contributed by atoms with Crippen LogP contribution in [0.4, 0.5) is 4.79 Å². The number of amides is 1. The van der Waals surface area contributed by atoms with E-state index in [-0.39, 0.29) is 6.09 Å². The summed E-state index contributed by atoms with van der Waals surface area (Å²) in [5.74, 6) is 0.764. The number of ether oxygens (including phenoxy) is 1. The molecule has 0 rings (SSSR count). The summed E-state index contributed by atoms with van der Waals surface area (Å²) < 4.78 is 4.62. The van der Waals surface area contributed by atoms with Gasteiger partial charge in [0.1, 0.15) is 0 Å². The number of hydrogen-bond donors (Lipinski definition) is 1. The second kappa shape index (κ2) is 15.7. The molecule has 1 N–H and O–H groups in total. The highest BCUT2D eigenvalue weighted by molar-refractivity contribution is 5.66. The minimum atomic E-state index is -0.303. The number of nitrogens with one attached hydrogen (secondary N) is 1. The zero-order chi connectivity index (χ0) is 15.8. The smallest absolute Gasteiger partial charge is 0.406 e. The number of rotatable bonds is 14. The Kier molecular flexibility index (Phi) is 15.1. The Morgan fingerprint density at radius 1 is 0.857 bits per heavy atom. The van der Waals surface area contributed by atoms with Crippen LogP contribution in [0.3, 0.4) is 0 Å². The lowest BCUT2D eigenvalue weighted by atomic mass is 9.91. The minimum Gasteiger partial charge on any atom is -0.453 e. The molecule has 0 aliphatic heterocycles. The van der Waals surface area contributed by atoms with Gasteiger partial charge in [0.15, 0.2) is 0 Å². The SMILES string of the molecule is CCCCCCCC(CCCCCC)CCNC(=O)OC. The van der Waals surface area contributed by atoms with Crippen molar-refractivity contribution in [3.63, 3.8) is 0 Å². The lowest BCUT2D eigenvalue weighted by Crippen LogP contribution is -2.25. The van der Waals surface area contributed by atoms with Gasteiger partial charge in [0.05, 0.1) is 7.11 Å². The summed E-state index contributed by atoms with van der Waals surface area (Å²) in [7, 11) is 1.42. The predicted molar refractivity (Wildman–Crippen MR) is 90.6 cm³/mol. The molecule has 1 atom stereocenters. The summed E-state index contributed by atoms with van der Waals surface area (Å²) in [6, 6.07) is 0. The molecule has 3 heteroatoms. The van der Waals surface area contributed by atoms with E-state index in [2.05, 4.69) is 23.9 Å². The van der Waals surface area contributed by atoms with Crippen LogP contribution in [0.2, 0.25) is 0 Å². The molecular weight excluding hydrogens is 262 g/mol. The Morgan fingerprint density at radius 3 is 1.90 bits per heavy atom. The van der Waals surface area contributed by atoms with Gasteiger partial charge in [0.2, 0.25) is 0 Å². The summed E-state index contributed by atoms with van der Waals surface area (Å²) in [5, 5.41) is 2.81. The largest absolute Gasteiger partial charge is 0.453 e. The van der Waals surface area contributed by atoms with Crippen LogP contribution in [0, 0.1) is 5.92 Å². The molecule has 0 saturated carbocycles. The third kappa shape index (κ3) is 14.0. The second-order valence-electron chi connectivity index (χ2n) is 6.13. The third-order valence-corrected chi connectivity index (χ3v) is 4.19. The van der Waals surface area contributed by atoms with Gasteiger partial charge in [-0.05, 0) is 12.3 Å². The standard InChI is InChI=1S/C18H37NO2/c1-4-6-8-10-12-14-17(13-11-9-7-5-2)15-16-19-18(20)21-3/h17H,4-16H2,1-3H3,(H,19,20). The maximum absolute atomic E-state index is 11.1. The van der Waals surface area contributed by atoms with Crippen molar-refractivity contribution in [2.24, 2.45) is 5.92 Å². The molecule has 0 aromatic rings. The molecule has 3 nitrogen and oxygen atoms in total. The molecule has 0 aliphatic rings. The molecule has 0 aliphatic carbocycles. The van der Waals surface area contributed by atoms with Crippen molar-refractivity contribution in [1.29, 1.82) is 0 Å². The van der Waals surface area contributed by atoms with Gasteiger partial charge in [-0.1, -0.05) is 84.5 Å². The van der Waals surface area contributed by atoms with E-state index >= 15 is 0 Å². The molecule has 0 aromatic heterocycles. The lowest BCUT2D eigenvalue weighted by Gasteiger charge is -2.17. The minimum absolute atomic E-state index is 0.303. The van der Waals surface area contributed by atoms with Crippen LogP contribution in [-0.4, -0.2) is 19.7 Å². The predicted octanol–water partition coefficient (Wildman–Crippen LogP) is 5.68. The van der Waals surface area contributed by atoms with E-state index in [1.807, 2.05) is 0 Å². The van der Waals surface area contributed by atoms with Gasteiger partial charge in [-0.2, -0.15) is 0 Å². The van der Waals surface area contributed by atoms with Gasteiger partial charge in [-0.15, -0.1) is 0 Å². The van der Waals surface area contributed by atoms with Crippen molar-refractivity contribution in [1.82, 2.24) is 5.32 Å². The van der Waals surface area contributed by atoms with Crippen LogP contribution in [-0.2, 0) is 4.74 Å². The average molecular weight is 299 g/mol. The van der Waals surface area contributed by atoms with Gasteiger partial charge in [0.25, 0.3) is 0 Å². The van der Waals surface area contributed by atoms with Crippen LogP contribution in [0.1, 0.15) is 90.9 Å². The first-order chi connectivity index (χ1) is 10.2. The summed E-state index contributed by atoms with van der Waals surface area (Å²) in [6.45, 7) is 5.26. The summed E-state index contributed by atoms with van der Waals surface area (Å²) in [5.41, 5.74) is 0. The maximum Gasteiger partial charge on any atom is 0.406 e. The number of carbonyl (C=O) groups is 1. The van der Waals surface area contributed by atoms with Crippen molar-refractivity contribution >= 4 is 6.09 Å². The van der Waals surface area contributed by atoms with Crippen LogP contribution >= 0.6 is 0 Å². The van der Waals surface area contributed by atoms with Gasteiger partial charge in [0, 0.05) is 6.54 Å². The Balaban J connectivity index is 3.82. The Morgan fingerprint density at radius 2 is 1.38 bits per heavy atom. The lowest BCUT2D eigenvalue weighted by molar-refractivity contribution is 0.170. The molecule has 0 fully saturated rings. The van der Waals surface area contributed by atoms with Crippen molar-refractivity contribution < 1.29 is 9.53 Å². The monoisotopic (exact) mass is 299 g/mol. The molecular formula is C18H37NO2. The zero-order valence-corrected chi connectivity index (χ0v) is 14.6. The van der Waals surface area contributed by atoms with Gasteiger partial charge in [-0.25, -0.2) is 4.79 Å². The van der Waals surface area contributed by atoms with E-state index < -0.39 is 0 Å². The van der Waals surface area contributed by atoms with E-state index in [1.54, 1.807) is 0 Å². The Hall–Kier alpha value is -0.730. The molecule has 1 amide bonds. The van der Waals surface area contributed by atoms with Crippen LogP contribution in [0.25, 0.3) is 0 Å². The molecule has 0 aromatic carbocycles. The topological polar surface area (TPSA) is 38.3 Å². The molecule has 126 valence electrons. The van der Waals surface area contributed by atoms with Crippen molar-refractivity contribution in [2.45, 2.75) is 90.9 Å². The van der Waals surface area contributed by atoms with Crippen molar-refractivity contribution in [2.75, 3.05) is 13.7 Å². The number of hydrogen-bond acceptors (Lipinski definition) is 2. The fourth-order valence-electron chi connectivity index (χ4n) is 2.78. The fraction of sp³-hybridized carbons (Fsp3) is 0.944. The first-order valence-corrected chi connectivity index (χ1v) is 9.06. The van der Waals surface area contributed by atoms with Crippen molar-refractivity contribution in [3.8, 4) is 0 Å². The number of methoxy groups -OCH3 is 1. The first kappa shape index (κ1) is 20.3. The van der Waals surface area contributed by atoms with Crippen LogP contribution < -0.4 is 5.32 Å². The molecule has 0 saturated heterocycles. The molecule has 0 radical (unpaired) electrons. The molecule has 0 spiro atoms. The zero-order valence-electron chi connectivity index (χ0n) is 14.6. The highest BCUT2D eigenvalue weighted by Gasteiger charge is 2.09. The van der Waals surface area contributed by atoms with E-state index in [0.29, 0.717) is 0 Å². The normalized spacial score (nSPS) is 12.1. The van der Waals surface area contributed by atoms with E-state index in [0.717, 1.165) is 18.9 Å². The average Bonchev–Trinajstić information content (AvgIpc) is 2.50. The number of unbranched alkanes of at least 4 members (excludes halogenated alkanes) is 7. The summed E-state index contributed by atoms with van der Waals surface area (Å²) in [4.78, 5) is 11.1. The van der Waals surface area contributed by atoms with Crippen LogP contribution in [0.5, 0.6) is 0 Å². The van der Waals surface area contributed by atoms with E-state index in [4.69, 9.17) is 0 Å². The second-order valence-corrected chi connectivity index (χ2v) is 6.13. The van der Waals surface area contributed by atoms with Gasteiger partial charge < -0.3 is 10.1 Å².